The lowest BCUT2D eigenvalue weighted by Crippen LogP contribution is -2.22. The van der Waals surface area contributed by atoms with Crippen molar-refractivity contribution in [2.75, 3.05) is 0 Å². The zero-order valence-electron chi connectivity index (χ0n) is 9.61. The smallest absolute Gasteiger partial charge is 0.455 e. The molecule has 0 saturated heterocycles. The Bertz CT molecular complexity index is 604. The molecule has 0 amide bonds. The van der Waals surface area contributed by atoms with Crippen LogP contribution >= 0.6 is 0 Å². The average molecular weight is 266 g/mol. The molecule has 0 saturated carbocycles. The zero-order valence-corrected chi connectivity index (χ0v) is 9.61. The van der Waals surface area contributed by atoms with Crippen LogP contribution in [-0.4, -0.2) is 17.1 Å². The summed E-state index contributed by atoms with van der Waals surface area (Å²) in [6.07, 6.45) is -5.01. The van der Waals surface area contributed by atoms with E-state index in [1.165, 1.54) is 6.07 Å². The van der Waals surface area contributed by atoms with Gasteiger partial charge in [0, 0.05) is 0 Å². The van der Waals surface area contributed by atoms with Crippen molar-refractivity contribution in [2.24, 2.45) is 0 Å². The van der Waals surface area contributed by atoms with E-state index in [-0.39, 0.29) is 0 Å². The first-order valence-corrected chi connectivity index (χ1v) is 5.39. The second kappa shape index (κ2) is 4.76. The first kappa shape index (κ1) is 13.1. The molecule has 2 rings (SSSR count). The lowest BCUT2D eigenvalue weighted by Gasteiger charge is -2.09. The summed E-state index contributed by atoms with van der Waals surface area (Å²) in [5, 5.41) is 9.39. The molecule has 2 nitrogen and oxygen atoms in total. The van der Waals surface area contributed by atoms with E-state index in [0.717, 1.165) is 12.1 Å². The van der Waals surface area contributed by atoms with Crippen molar-refractivity contribution in [3.05, 3.63) is 54.1 Å². The number of alkyl halides is 3. The van der Waals surface area contributed by atoms with Gasteiger partial charge in [0.2, 0.25) is 0 Å². The number of hydrogen-bond donors (Lipinski definition) is 1. The Balaban J connectivity index is 2.50. The van der Waals surface area contributed by atoms with E-state index in [9.17, 15) is 23.1 Å². The molecule has 0 aliphatic rings. The average Bonchev–Trinajstić information content (AvgIpc) is 2.38. The van der Waals surface area contributed by atoms with Gasteiger partial charge < -0.3 is 5.11 Å². The van der Waals surface area contributed by atoms with E-state index in [4.69, 9.17) is 0 Å². The van der Waals surface area contributed by atoms with Crippen LogP contribution in [0, 0.1) is 0 Å². The van der Waals surface area contributed by atoms with Crippen molar-refractivity contribution in [1.82, 2.24) is 0 Å². The van der Waals surface area contributed by atoms with Crippen molar-refractivity contribution < 1.29 is 23.1 Å². The van der Waals surface area contributed by atoms with E-state index in [2.05, 4.69) is 0 Å². The van der Waals surface area contributed by atoms with Crippen LogP contribution in [0.4, 0.5) is 13.2 Å². The second-order valence-corrected chi connectivity index (χ2v) is 3.92. The quantitative estimate of drug-likeness (QED) is 0.839. The van der Waals surface area contributed by atoms with E-state index < -0.39 is 23.3 Å². The van der Waals surface area contributed by atoms with Gasteiger partial charge >= 0.3 is 6.18 Å². The predicted molar refractivity (Wildman–Crippen MR) is 63.9 cm³/mol. The van der Waals surface area contributed by atoms with Gasteiger partial charge in [-0.1, -0.05) is 36.4 Å². The number of phenolic OH excluding ortho intramolecular Hbond substituents is 1. The maximum absolute atomic E-state index is 12.4. The first-order chi connectivity index (χ1) is 8.89. The SMILES string of the molecule is O=C(c1cc(-c2ccccc2)ccc1O)C(F)(F)F. The van der Waals surface area contributed by atoms with Gasteiger partial charge in [-0.05, 0) is 23.3 Å². The molecule has 0 aromatic heterocycles. The number of halogens is 3. The summed E-state index contributed by atoms with van der Waals surface area (Å²) in [6.45, 7) is 0. The molecule has 0 fully saturated rings. The topological polar surface area (TPSA) is 37.3 Å². The Hall–Kier alpha value is -2.30. The van der Waals surface area contributed by atoms with Gasteiger partial charge in [0.25, 0.3) is 5.78 Å². The largest absolute Gasteiger partial charge is 0.507 e. The summed E-state index contributed by atoms with van der Waals surface area (Å²) in [5.41, 5.74) is 0.360. The molecule has 0 unspecified atom stereocenters. The molecule has 0 aliphatic carbocycles. The highest BCUT2D eigenvalue weighted by molar-refractivity contribution is 6.03. The summed E-state index contributed by atoms with van der Waals surface area (Å²) < 4.78 is 37.2. The van der Waals surface area contributed by atoms with Gasteiger partial charge in [-0.15, -0.1) is 0 Å². The van der Waals surface area contributed by atoms with Crippen LogP contribution in [0.15, 0.2) is 48.5 Å². The summed E-state index contributed by atoms with van der Waals surface area (Å²) in [5.74, 6) is -2.73. The van der Waals surface area contributed by atoms with Crippen molar-refractivity contribution in [3.63, 3.8) is 0 Å². The maximum Gasteiger partial charge on any atom is 0.455 e. The molecular formula is C14H9F3O2. The minimum Gasteiger partial charge on any atom is -0.507 e. The number of rotatable bonds is 2. The van der Waals surface area contributed by atoms with E-state index in [0.29, 0.717) is 11.1 Å². The van der Waals surface area contributed by atoms with Crippen LogP contribution in [0.2, 0.25) is 0 Å². The highest BCUT2D eigenvalue weighted by Gasteiger charge is 2.40. The van der Waals surface area contributed by atoms with Crippen molar-refractivity contribution in [3.8, 4) is 16.9 Å². The molecule has 2 aromatic rings. The number of carbonyl (C=O) groups excluding carboxylic acids is 1. The number of carbonyl (C=O) groups is 1. The number of hydrogen-bond acceptors (Lipinski definition) is 2. The fourth-order valence-corrected chi connectivity index (χ4v) is 1.68. The lowest BCUT2D eigenvalue weighted by molar-refractivity contribution is -0.0886. The predicted octanol–water partition coefficient (Wildman–Crippen LogP) is 3.80. The fraction of sp³-hybridized carbons (Fsp3) is 0.0714. The Kier molecular flexibility index (Phi) is 3.29. The molecule has 0 heterocycles. The number of Topliss-reactive ketones (excluding diaryl/α,β-unsaturated/α-hetero) is 1. The highest BCUT2D eigenvalue weighted by Crippen LogP contribution is 2.30. The lowest BCUT2D eigenvalue weighted by atomic mass is 10.0. The molecular weight excluding hydrogens is 257 g/mol. The van der Waals surface area contributed by atoms with Crippen LogP contribution in [-0.2, 0) is 0 Å². The number of phenols is 1. The van der Waals surface area contributed by atoms with Crippen LogP contribution in [0.1, 0.15) is 10.4 Å². The van der Waals surface area contributed by atoms with Gasteiger partial charge in [0.15, 0.2) is 0 Å². The third-order valence-electron chi connectivity index (χ3n) is 2.61. The van der Waals surface area contributed by atoms with E-state index >= 15 is 0 Å². The molecule has 0 radical (unpaired) electrons. The summed E-state index contributed by atoms with van der Waals surface area (Å²) in [4.78, 5) is 11.2. The summed E-state index contributed by atoms with van der Waals surface area (Å²) >= 11 is 0. The van der Waals surface area contributed by atoms with Crippen LogP contribution in [0.25, 0.3) is 11.1 Å². The van der Waals surface area contributed by atoms with Gasteiger partial charge in [0.1, 0.15) is 5.75 Å². The summed E-state index contributed by atoms with van der Waals surface area (Å²) in [6, 6.07) is 12.2. The zero-order chi connectivity index (χ0) is 14.0. The molecule has 19 heavy (non-hydrogen) atoms. The van der Waals surface area contributed by atoms with Crippen LogP contribution in [0.3, 0.4) is 0 Å². The maximum atomic E-state index is 12.4. The Morgan fingerprint density at radius 3 is 2.16 bits per heavy atom. The molecule has 0 bridgehead atoms. The van der Waals surface area contributed by atoms with Crippen LogP contribution in [0.5, 0.6) is 5.75 Å². The molecule has 0 spiro atoms. The molecule has 0 atom stereocenters. The Labute approximate surface area is 107 Å². The third-order valence-corrected chi connectivity index (χ3v) is 2.61. The molecule has 0 aliphatic heterocycles. The molecule has 98 valence electrons. The van der Waals surface area contributed by atoms with Crippen molar-refractivity contribution in [2.45, 2.75) is 6.18 Å². The van der Waals surface area contributed by atoms with Gasteiger partial charge in [0.05, 0.1) is 5.56 Å². The molecule has 2 aromatic carbocycles. The van der Waals surface area contributed by atoms with Gasteiger partial charge in [-0.3, -0.25) is 4.79 Å². The fourth-order valence-electron chi connectivity index (χ4n) is 1.68. The minimum atomic E-state index is -5.01. The van der Waals surface area contributed by atoms with Crippen molar-refractivity contribution in [1.29, 1.82) is 0 Å². The third kappa shape index (κ3) is 2.76. The monoisotopic (exact) mass is 266 g/mol. The second-order valence-electron chi connectivity index (χ2n) is 3.92. The number of benzene rings is 2. The first-order valence-electron chi connectivity index (χ1n) is 5.39. The van der Waals surface area contributed by atoms with E-state index in [1.54, 1.807) is 30.3 Å². The highest BCUT2D eigenvalue weighted by atomic mass is 19.4. The molecule has 5 heteroatoms. The van der Waals surface area contributed by atoms with Gasteiger partial charge in [-0.2, -0.15) is 13.2 Å². The van der Waals surface area contributed by atoms with Gasteiger partial charge in [-0.25, -0.2) is 0 Å². The molecule has 1 N–H and O–H groups in total. The summed E-state index contributed by atoms with van der Waals surface area (Å²) in [7, 11) is 0. The normalized spacial score (nSPS) is 11.3. The Morgan fingerprint density at radius 1 is 0.947 bits per heavy atom. The van der Waals surface area contributed by atoms with Crippen LogP contribution < -0.4 is 0 Å². The standard InChI is InChI=1S/C14H9F3O2/c15-14(16,17)13(19)11-8-10(6-7-12(11)18)9-4-2-1-3-5-9/h1-8,18H. The number of aromatic hydroxyl groups is 1. The van der Waals surface area contributed by atoms with E-state index in [1.807, 2.05) is 0 Å². The minimum absolute atomic E-state index is 0.436. The van der Waals surface area contributed by atoms with Crippen molar-refractivity contribution >= 4 is 5.78 Å². The Morgan fingerprint density at radius 2 is 1.58 bits per heavy atom. The number of ketones is 1.